The van der Waals surface area contributed by atoms with Crippen molar-refractivity contribution in [2.45, 2.75) is 12.2 Å². The highest BCUT2D eigenvalue weighted by atomic mass is 32.2. The topological polar surface area (TPSA) is 65.2 Å². The summed E-state index contributed by atoms with van der Waals surface area (Å²) in [6.07, 6.45) is 0.765. The lowest BCUT2D eigenvalue weighted by Crippen LogP contribution is -2.04. The predicted molar refractivity (Wildman–Crippen MR) is 93.1 cm³/mol. The Hall–Kier alpha value is -2.47. The molecule has 0 saturated heterocycles. The van der Waals surface area contributed by atoms with Crippen molar-refractivity contribution in [3.63, 3.8) is 0 Å². The zero-order chi connectivity index (χ0) is 16.8. The molecule has 0 saturated carbocycles. The average Bonchev–Trinajstić information content (AvgIpc) is 3.09. The Morgan fingerprint density at radius 1 is 1.08 bits per heavy atom. The van der Waals surface area contributed by atoms with Gasteiger partial charge in [-0.25, -0.2) is 0 Å². The van der Waals surface area contributed by atoms with Gasteiger partial charge in [0.2, 0.25) is 11.7 Å². The smallest absolute Gasteiger partial charge is 0.239 e. The van der Waals surface area contributed by atoms with Gasteiger partial charge in [0.05, 0.1) is 12.7 Å². The van der Waals surface area contributed by atoms with Gasteiger partial charge in [-0.3, -0.25) is 4.21 Å². The normalized spacial score (nSPS) is 12.0. The molecule has 0 N–H and O–H groups in total. The van der Waals surface area contributed by atoms with Gasteiger partial charge in [0, 0.05) is 16.6 Å². The number of hydrogen-bond acceptors (Lipinski definition) is 5. The number of para-hydroxylation sites is 1. The molecule has 1 aromatic heterocycles. The predicted octanol–water partition coefficient (Wildman–Crippen LogP) is 3.24. The molecule has 3 rings (SSSR count). The lowest BCUT2D eigenvalue weighted by molar-refractivity contribution is 0.389. The van der Waals surface area contributed by atoms with Crippen molar-refractivity contribution in [2.75, 3.05) is 12.9 Å². The SMILES string of the molecule is COc1ccccc1-c1noc(C[S@](=O)CCc2ccccc2)n1. The van der Waals surface area contributed by atoms with Crippen LogP contribution >= 0.6 is 0 Å². The van der Waals surface area contributed by atoms with Crippen molar-refractivity contribution < 1.29 is 13.5 Å². The highest BCUT2D eigenvalue weighted by molar-refractivity contribution is 7.84. The summed E-state index contributed by atoms with van der Waals surface area (Å²) in [5, 5.41) is 3.97. The highest BCUT2D eigenvalue weighted by Crippen LogP contribution is 2.27. The highest BCUT2D eigenvalue weighted by Gasteiger charge is 2.14. The van der Waals surface area contributed by atoms with Crippen LogP contribution < -0.4 is 4.74 Å². The molecule has 0 aliphatic carbocycles. The van der Waals surface area contributed by atoms with Crippen LogP contribution in [-0.2, 0) is 23.0 Å². The van der Waals surface area contributed by atoms with Crippen molar-refractivity contribution >= 4 is 10.8 Å². The van der Waals surface area contributed by atoms with E-state index in [4.69, 9.17) is 9.26 Å². The number of hydrogen-bond donors (Lipinski definition) is 0. The van der Waals surface area contributed by atoms with E-state index in [9.17, 15) is 4.21 Å². The number of rotatable bonds is 7. The molecule has 0 unspecified atom stereocenters. The molecular weight excluding hydrogens is 324 g/mol. The van der Waals surface area contributed by atoms with Gasteiger partial charge in [-0.15, -0.1) is 0 Å². The van der Waals surface area contributed by atoms with Gasteiger partial charge in [-0.1, -0.05) is 47.6 Å². The van der Waals surface area contributed by atoms with Gasteiger partial charge in [-0.2, -0.15) is 4.98 Å². The second kappa shape index (κ2) is 7.88. The van der Waals surface area contributed by atoms with E-state index in [1.165, 1.54) is 5.56 Å². The largest absolute Gasteiger partial charge is 0.496 e. The second-order valence-electron chi connectivity index (χ2n) is 5.24. The molecule has 5 nitrogen and oxygen atoms in total. The van der Waals surface area contributed by atoms with E-state index in [2.05, 4.69) is 10.1 Å². The fraction of sp³-hybridized carbons (Fsp3) is 0.222. The van der Waals surface area contributed by atoms with E-state index in [1.807, 2.05) is 54.6 Å². The van der Waals surface area contributed by atoms with Crippen LogP contribution in [0.5, 0.6) is 5.75 Å². The van der Waals surface area contributed by atoms with Crippen LogP contribution in [0.1, 0.15) is 11.5 Å². The standard InChI is InChI=1S/C18H18N2O3S/c1-22-16-10-6-5-9-15(16)18-19-17(23-20-18)13-24(21)12-11-14-7-3-2-4-8-14/h2-10H,11-13H2,1H3/t24-/m1/s1. The molecule has 0 radical (unpaired) electrons. The first-order chi connectivity index (χ1) is 11.8. The van der Waals surface area contributed by atoms with E-state index in [1.54, 1.807) is 7.11 Å². The molecule has 2 aromatic carbocycles. The summed E-state index contributed by atoms with van der Waals surface area (Å²) >= 11 is 0. The summed E-state index contributed by atoms with van der Waals surface area (Å²) in [5.74, 6) is 2.32. The van der Waals surface area contributed by atoms with Gasteiger partial charge >= 0.3 is 0 Å². The van der Waals surface area contributed by atoms with Crippen LogP contribution in [0, 0.1) is 0 Å². The Labute approximate surface area is 143 Å². The van der Waals surface area contributed by atoms with Crippen LogP contribution in [0.25, 0.3) is 11.4 Å². The van der Waals surface area contributed by atoms with Crippen molar-refractivity contribution in [1.29, 1.82) is 0 Å². The summed E-state index contributed by atoms with van der Waals surface area (Å²) in [6.45, 7) is 0. The van der Waals surface area contributed by atoms with Crippen LogP contribution in [0.4, 0.5) is 0 Å². The molecule has 3 aromatic rings. The Bertz CT molecular complexity index is 818. The van der Waals surface area contributed by atoms with Gasteiger partial charge < -0.3 is 9.26 Å². The van der Waals surface area contributed by atoms with Crippen molar-refractivity contribution in [1.82, 2.24) is 10.1 Å². The molecule has 124 valence electrons. The second-order valence-corrected chi connectivity index (χ2v) is 6.81. The molecule has 0 bridgehead atoms. The molecule has 24 heavy (non-hydrogen) atoms. The Kier molecular flexibility index (Phi) is 5.38. The average molecular weight is 342 g/mol. The third kappa shape index (κ3) is 4.08. The summed E-state index contributed by atoms with van der Waals surface area (Å²) in [4.78, 5) is 4.33. The van der Waals surface area contributed by atoms with Gasteiger partial charge in [0.15, 0.2) is 0 Å². The van der Waals surface area contributed by atoms with Gasteiger partial charge in [0.25, 0.3) is 0 Å². The number of methoxy groups -OCH3 is 1. The summed E-state index contributed by atoms with van der Waals surface area (Å²) in [5.41, 5.74) is 1.93. The quantitative estimate of drug-likeness (QED) is 0.659. The maximum atomic E-state index is 12.2. The van der Waals surface area contributed by atoms with Gasteiger partial charge in [-0.05, 0) is 24.1 Å². The minimum Gasteiger partial charge on any atom is -0.496 e. The Morgan fingerprint density at radius 3 is 2.62 bits per heavy atom. The van der Waals surface area contributed by atoms with Gasteiger partial charge in [0.1, 0.15) is 11.5 Å². The van der Waals surface area contributed by atoms with Crippen LogP contribution in [-0.4, -0.2) is 27.2 Å². The Morgan fingerprint density at radius 2 is 1.83 bits per heavy atom. The monoisotopic (exact) mass is 342 g/mol. The van der Waals surface area contributed by atoms with E-state index in [-0.39, 0.29) is 5.75 Å². The zero-order valence-corrected chi connectivity index (χ0v) is 14.2. The lowest BCUT2D eigenvalue weighted by Gasteiger charge is -2.03. The van der Waals surface area contributed by atoms with E-state index in [0.29, 0.717) is 23.2 Å². The molecular formula is C18H18N2O3S. The molecule has 6 heteroatoms. The summed E-state index contributed by atoms with van der Waals surface area (Å²) in [7, 11) is 0.547. The molecule has 0 amide bonds. The molecule has 1 atom stereocenters. The first kappa shape index (κ1) is 16.4. The van der Waals surface area contributed by atoms with Crippen LogP contribution in [0.2, 0.25) is 0 Å². The fourth-order valence-electron chi connectivity index (χ4n) is 2.34. The molecule has 0 fully saturated rings. The van der Waals surface area contributed by atoms with E-state index >= 15 is 0 Å². The van der Waals surface area contributed by atoms with Crippen LogP contribution in [0.15, 0.2) is 59.1 Å². The number of aromatic nitrogens is 2. The Balaban J connectivity index is 1.62. The number of ether oxygens (including phenoxy) is 1. The third-order valence-corrected chi connectivity index (χ3v) is 4.79. The minimum atomic E-state index is -1.05. The number of nitrogens with zero attached hydrogens (tertiary/aromatic N) is 2. The van der Waals surface area contributed by atoms with E-state index in [0.717, 1.165) is 12.0 Å². The maximum absolute atomic E-state index is 12.2. The first-order valence-corrected chi connectivity index (χ1v) is 9.10. The molecule has 1 heterocycles. The minimum absolute atomic E-state index is 0.259. The summed E-state index contributed by atoms with van der Waals surface area (Å²) < 4.78 is 22.7. The number of aryl methyl sites for hydroxylation is 1. The zero-order valence-electron chi connectivity index (χ0n) is 13.3. The van der Waals surface area contributed by atoms with Crippen molar-refractivity contribution in [3.8, 4) is 17.1 Å². The van der Waals surface area contributed by atoms with Crippen molar-refractivity contribution in [2.24, 2.45) is 0 Å². The molecule has 0 aliphatic heterocycles. The van der Waals surface area contributed by atoms with E-state index < -0.39 is 10.8 Å². The fourth-order valence-corrected chi connectivity index (χ4v) is 3.34. The lowest BCUT2D eigenvalue weighted by atomic mass is 10.2. The number of benzene rings is 2. The third-order valence-electron chi connectivity index (χ3n) is 3.56. The molecule has 0 spiro atoms. The summed E-state index contributed by atoms with van der Waals surface area (Å²) in [6, 6.07) is 17.5. The van der Waals surface area contributed by atoms with Crippen LogP contribution in [0.3, 0.4) is 0 Å². The molecule has 0 aliphatic rings. The first-order valence-electron chi connectivity index (χ1n) is 7.61. The van der Waals surface area contributed by atoms with Crippen molar-refractivity contribution in [3.05, 3.63) is 66.1 Å². The maximum Gasteiger partial charge on any atom is 0.239 e.